The van der Waals surface area contributed by atoms with E-state index < -0.39 is 10.0 Å². The molecule has 0 aliphatic heterocycles. The predicted molar refractivity (Wildman–Crippen MR) is 84.1 cm³/mol. The zero-order chi connectivity index (χ0) is 16.0. The van der Waals surface area contributed by atoms with Crippen LogP contribution in [0.3, 0.4) is 0 Å². The number of nitrogen functional groups attached to an aromatic ring is 1. The van der Waals surface area contributed by atoms with E-state index >= 15 is 0 Å². The van der Waals surface area contributed by atoms with Crippen molar-refractivity contribution in [3.63, 3.8) is 0 Å². The number of hydrogen-bond donors (Lipinski definition) is 1. The van der Waals surface area contributed by atoms with Crippen molar-refractivity contribution >= 4 is 15.7 Å². The van der Waals surface area contributed by atoms with Gasteiger partial charge in [-0.1, -0.05) is 26.8 Å². The Bertz CT molecular complexity index is 618. The van der Waals surface area contributed by atoms with Gasteiger partial charge < -0.3 is 5.73 Å². The maximum absolute atomic E-state index is 12.9. The van der Waals surface area contributed by atoms with Gasteiger partial charge >= 0.3 is 0 Å². The van der Waals surface area contributed by atoms with Crippen LogP contribution in [0.15, 0.2) is 23.1 Å². The molecule has 1 aromatic rings. The molecule has 5 nitrogen and oxygen atoms in total. The lowest BCUT2D eigenvalue weighted by Gasteiger charge is -2.24. The summed E-state index contributed by atoms with van der Waals surface area (Å²) in [5, 5.41) is 8.74. The Balaban J connectivity index is 3.28. The largest absolute Gasteiger partial charge is 0.399 e. The average molecular weight is 309 g/mol. The van der Waals surface area contributed by atoms with Crippen molar-refractivity contribution in [3.05, 3.63) is 23.8 Å². The van der Waals surface area contributed by atoms with E-state index in [9.17, 15) is 8.42 Å². The van der Waals surface area contributed by atoms with E-state index in [1.807, 2.05) is 26.8 Å². The van der Waals surface area contributed by atoms with E-state index in [2.05, 4.69) is 0 Å². The maximum atomic E-state index is 12.9. The van der Waals surface area contributed by atoms with Crippen LogP contribution >= 0.6 is 0 Å². The number of anilines is 1. The SMILES string of the molecule is CCc1ccc(N)cc1S(=O)(=O)N(CCC#N)CC(C)C. The Kier molecular flexibility index (Phi) is 6.19. The van der Waals surface area contributed by atoms with Crippen molar-refractivity contribution in [2.45, 2.75) is 38.5 Å². The Morgan fingerprint density at radius 2 is 2.05 bits per heavy atom. The molecule has 0 bridgehead atoms. The molecule has 0 heterocycles. The number of benzene rings is 1. The molecular formula is C15H23N3O2S. The van der Waals surface area contributed by atoms with Crippen LogP contribution in [0.2, 0.25) is 0 Å². The monoisotopic (exact) mass is 309 g/mol. The van der Waals surface area contributed by atoms with E-state index in [-0.39, 0.29) is 23.8 Å². The van der Waals surface area contributed by atoms with Gasteiger partial charge in [0.25, 0.3) is 0 Å². The topological polar surface area (TPSA) is 87.2 Å². The van der Waals surface area contributed by atoms with E-state index in [0.29, 0.717) is 18.7 Å². The molecule has 0 radical (unpaired) electrons. The summed E-state index contributed by atoms with van der Waals surface area (Å²) >= 11 is 0. The lowest BCUT2D eigenvalue weighted by Crippen LogP contribution is -2.35. The highest BCUT2D eigenvalue weighted by molar-refractivity contribution is 7.89. The molecule has 1 aromatic carbocycles. The van der Waals surface area contributed by atoms with E-state index in [1.165, 1.54) is 10.4 Å². The molecule has 116 valence electrons. The summed E-state index contributed by atoms with van der Waals surface area (Å²) in [5.74, 6) is 0.185. The van der Waals surface area contributed by atoms with Gasteiger partial charge in [0.1, 0.15) is 0 Å². The summed E-state index contributed by atoms with van der Waals surface area (Å²) in [6.07, 6.45) is 0.790. The van der Waals surface area contributed by atoms with Gasteiger partial charge in [-0.2, -0.15) is 9.57 Å². The number of nitrogens with zero attached hydrogens (tertiary/aromatic N) is 2. The number of hydrogen-bond acceptors (Lipinski definition) is 4. The van der Waals surface area contributed by atoms with Crippen LogP contribution < -0.4 is 5.73 Å². The van der Waals surface area contributed by atoms with Crippen molar-refractivity contribution in [3.8, 4) is 6.07 Å². The van der Waals surface area contributed by atoms with Crippen LogP contribution in [-0.2, 0) is 16.4 Å². The molecule has 0 amide bonds. The van der Waals surface area contributed by atoms with Crippen molar-refractivity contribution < 1.29 is 8.42 Å². The van der Waals surface area contributed by atoms with Crippen LogP contribution in [0.25, 0.3) is 0 Å². The molecule has 0 aromatic heterocycles. The quantitative estimate of drug-likeness (QED) is 0.783. The highest BCUT2D eigenvalue weighted by Crippen LogP contribution is 2.24. The van der Waals surface area contributed by atoms with Crippen LogP contribution in [0.5, 0.6) is 0 Å². The van der Waals surface area contributed by atoms with Gasteiger partial charge in [-0.3, -0.25) is 0 Å². The Hall–Kier alpha value is -1.58. The Labute approximate surface area is 127 Å². The Morgan fingerprint density at radius 3 is 2.57 bits per heavy atom. The first-order chi connectivity index (χ1) is 9.82. The van der Waals surface area contributed by atoms with Gasteiger partial charge in [-0.15, -0.1) is 0 Å². The molecule has 2 N–H and O–H groups in total. The molecule has 0 spiro atoms. The lowest BCUT2D eigenvalue weighted by molar-refractivity contribution is 0.372. The molecule has 0 saturated carbocycles. The second kappa shape index (κ2) is 7.43. The molecule has 6 heteroatoms. The van der Waals surface area contributed by atoms with E-state index in [0.717, 1.165) is 5.56 Å². The van der Waals surface area contributed by atoms with Gasteiger partial charge in [-0.25, -0.2) is 8.42 Å². The predicted octanol–water partition coefficient (Wildman–Crippen LogP) is 2.39. The minimum Gasteiger partial charge on any atom is -0.399 e. The van der Waals surface area contributed by atoms with E-state index in [4.69, 9.17) is 11.0 Å². The summed E-state index contributed by atoms with van der Waals surface area (Å²) in [6.45, 7) is 6.41. The summed E-state index contributed by atoms with van der Waals surface area (Å²) in [4.78, 5) is 0.253. The fraction of sp³-hybridized carbons (Fsp3) is 0.533. The number of nitrogens with two attached hydrogens (primary N) is 1. The molecule has 0 fully saturated rings. The van der Waals surface area contributed by atoms with Crippen molar-refractivity contribution in [2.75, 3.05) is 18.8 Å². The normalized spacial score (nSPS) is 11.8. The molecule has 0 aliphatic carbocycles. The highest BCUT2D eigenvalue weighted by atomic mass is 32.2. The van der Waals surface area contributed by atoms with Gasteiger partial charge in [0.2, 0.25) is 10.0 Å². The molecular weight excluding hydrogens is 286 g/mol. The second-order valence-electron chi connectivity index (χ2n) is 5.39. The van der Waals surface area contributed by atoms with Crippen LogP contribution in [0, 0.1) is 17.2 Å². The lowest BCUT2D eigenvalue weighted by atomic mass is 10.1. The van der Waals surface area contributed by atoms with Crippen molar-refractivity contribution in [1.82, 2.24) is 4.31 Å². The maximum Gasteiger partial charge on any atom is 0.243 e. The third-order valence-corrected chi connectivity index (χ3v) is 5.08. The molecule has 0 unspecified atom stereocenters. The smallest absolute Gasteiger partial charge is 0.243 e. The highest BCUT2D eigenvalue weighted by Gasteiger charge is 2.27. The van der Waals surface area contributed by atoms with Crippen molar-refractivity contribution in [1.29, 1.82) is 5.26 Å². The minimum atomic E-state index is -3.63. The average Bonchev–Trinajstić information content (AvgIpc) is 2.42. The zero-order valence-corrected chi connectivity index (χ0v) is 13.7. The third kappa shape index (κ3) is 4.45. The Morgan fingerprint density at radius 1 is 1.38 bits per heavy atom. The van der Waals surface area contributed by atoms with Gasteiger partial charge in [0.15, 0.2) is 0 Å². The summed E-state index contributed by atoms with van der Waals surface area (Å²) in [7, 11) is -3.63. The molecule has 0 saturated heterocycles. The fourth-order valence-electron chi connectivity index (χ4n) is 2.13. The first-order valence-electron chi connectivity index (χ1n) is 7.08. The van der Waals surface area contributed by atoms with Crippen LogP contribution in [-0.4, -0.2) is 25.8 Å². The minimum absolute atomic E-state index is 0.176. The summed E-state index contributed by atoms with van der Waals surface area (Å²) in [5.41, 5.74) is 6.92. The molecule has 21 heavy (non-hydrogen) atoms. The molecule has 1 rings (SSSR count). The van der Waals surface area contributed by atoms with Crippen molar-refractivity contribution in [2.24, 2.45) is 5.92 Å². The van der Waals surface area contributed by atoms with Crippen LogP contribution in [0.1, 0.15) is 32.8 Å². The zero-order valence-electron chi connectivity index (χ0n) is 12.8. The fourth-order valence-corrected chi connectivity index (χ4v) is 4.07. The van der Waals surface area contributed by atoms with Gasteiger partial charge in [0.05, 0.1) is 11.0 Å². The summed E-state index contributed by atoms with van der Waals surface area (Å²) in [6, 6.07) is 6.97. The van der Waals surface area contributed by atoms with Gasteiger partial charge in [-0.05, 0) is 30.0 Å². The second-order valence-corrected chi connectivity index (χ2v) is 7.29. The van der Waals surface area contributed by atoms with E-state index in [1.54, 1.807) is 12.1 Å². The first-order valence-corrected chi connectivity index (χ1v) is 8.52. The first kappa shape index (κ1) is 17.5. The standard InChI is InChI=1S/C15H23N3O2S/c1-4-13-6-7-14(17)10-15(13)21(19,20)18(9-5-8-16)11-12(2)3/h6-7,10,12H,4-5,9,11,17H2,1-3H3. The third-order valence-electron chi connectivity index (χ3n) is 3.13. The van der Waals surface area contributed by atoms with Crippen LogP contribution in [0.4, 0.5) is 5.69 Å². The number of aryl methyl sites for hydroxylation is 1. The number of nitriles is 1. The molecule has 0 atom stereocenters. The number of rotatable bonds is 7. The summed E-state index contributed by atoms with van der Waals surface area (Å²) < 4.78 is 27.1. The number of sulfonamides is 1. The molecule has 0 aliphatic rings. The van der Waals surface area contributed by atoms with Gasteiger partial charge in [0, 0.05) is 25.2 Å².